The van der Waals surface area contributed by atoms with Gasteiger partial charge in [0, 0.05) is 0 Å². The molecule has 3 heteroatoms. The summed E-state index contributed by atoms with van der Waals surface area (Å²) in [4.78, 5) is 0. The Hall–Kier alpha value is -0.930. The van der Waals surface area contributed by atoms with E-state index in [1.54, 1.807) is 6.07 Å². The molecule has 2 rings (SSSR count). The molecule has 1 N–H and O–H groups in total. The Morgan fingerprint density at radius 2 is 2.42 bits per heavy atom. The minimum Gasteiger partial charge on any atom is -0.364 e. The van der Waals surface area contributed by atoms with Crippen molar-refractivity contribution in [1.82, 2.24) is 5.32 Å². The highest BCUT2D eigenvalue weighted by Crippen LogP contribution is 2.17. The number of hydrogen-bond acceptors (Lipinski definition) is 2. The lowest BCUT2D eigenvalue weighted by Crippen LogP contribution is -2.14. The molecule has 0 amide bonds. The van der Waals surface area contributed by atoms with Gasteiger partial charge in [0.1, 0.15) is 5.82 Å². The lowest BCUT2D eigenvalue weighted by molar-refractivity contribution is 0.189. The van der Waals surface area contributed by atoms with Crippen LogP contribution in [0.25, 0.3) is 0 Å². The molecule has 0 spiro atoms. The van der Waals surface area contributed by atoms with Crippen LogP contribution in [0.5, 0.6) is 0 Å². The van der Waals surface area contributed by atoms with Gasteiger partial charge < -0.3 is 4.74 Å². The van der Waals surface area contributed by atoms with E-state index >= 15 is 0 Å². The van der Waals surface area contributed by atoms with Gasteiger partial charge in [-0.1, -0.05) is 12.1 Å². The largest absolute Gasteiger partial charge is 0.364 e. The van der Waals surface area contributed by atoms with Gasteiger partial charge in [-0.25, -0.2) is 4.39 Å². The van der Waals surface area contributed by atoms with E-state index in [1.165, 1.54) is 12.1 Å². The van der Waals surface area contributed by atoms with Crippen molar-refractivity contribution in [3.63, 3.8) is 0 Å². The van der Waals surface area contributed by atoms with Gasteiger partial charge in [0.25, 0.3) is 0 Å². The third-order valence-electron chi connectivity index (χ3n) is 1.97. The first kappa shape index (κ1) is 7.71. The van der Waals surface area contributed by atoms with E-state index < -0.39 is 0 Å². The van der Waals surface area contributed by atoms with Crippen molar-refractivity contribution >= 4 is 0 Å². The van der Waals surface area contributed by atoms with Crippen LogP contribution in [0.2, 0.25) is 0 Å². The zero-order valence-electron chi connectivity index (χ0n) is 6.59. The molecular weight excluding hydrogens is 157 g/mol. The SMILES string of the molecule is Fc1cccc([C@@H]2COCN2)c1. The molecule has 0 radical (unpaired) electrons. The zero-order valence-corrected chi connectivity index (χ0v) is 6.59. The first-order chi connectivity index (χ1) is 5.86. The van der Waals surface area contributed by atoms with Crippen LogP contribution >= 0.6 is 0 Å². The first-order valence-corrected chi connectivity index (χ1v) is 3.93. The van der Waals surface area contributed by atoms with E-state index in [2.05, 4.69) is 5.32 Å². The average Bonchev–Trinajstić information content (AvgIpc) is 2.56. The second kappa shape index (κ2) is 3.21. The van der Waals surface area contributed by atoms with Crippen LogP contribution in [0.1, 0.15) is 11.6 Å². The standard InChI is InChI=1S/C9H10FNO/c10-8-3-1-2-7(4-8)9-5-12-6-11-9/h1-4,9,11H,5-6H2/t9-/m0/s1. The Kier molecular flexibility index (Phi) is 2.06. The van der Waals surface area contributed by atoms with E-state index in [0.29, 0.717) is 13.3 Å². The summed E-state index contributed by atoms with van der Waals surface area (Å²) < 4.78 is 17.9. The molecule has 1 aromatic carbocycles. The summed E-state index contributed by atoms with van der Waals surface area (Å²) in [5.74, 6) is -0.193. The van der Waals surface area contributed by atoms with Gasteiger partial charge in [-0.2, -0.15) is 0 Å². The smallest absolute Gasteiger partial charge is 0.123 e. The number of hydrogen-bond donors (Lipinski definition) is 1. The van der Waals surface area contributed by atoms with E-state index in [0.717, 1.165) is 5.56 Å². The topological polar surface area (TPSA) is 21.3 Å². The first-order valence-electron chi connectivity index (χ1n) is 3.93. The van der Waals surface area contributed by atoms with Crippen molar-refractivity contribution in [2.75, 3.05) is 13.3 Å². The maximum absolute atomic E-state index is 12.8. The van der Waals surface area contributed by atoms with Gasteiger partial charge in [-0.05, 0) is 17.7 Å². The van der Waals surface area contributed by atoms with Crippen molar-refractivity contribution in [3.05, 3.63) is 35.6 Å². The summed E-state index contributed by atoms with van der Waals surface area (Å²) in [6, 6.07) is 6.74. The summed E-state index contributed by atoms with van der Waals surface area (Å²) in [5.41, 5.74) is 0.951. The second-order valence-electron chi connectivity index (χ2n) is 2.83. The molecule has 1 atom stereocenters. The fourth-order valence-corrected chi connectivity index (χ4v) is 1.33. The lowest BCUT2D eigenvalue weighted by Gasteiger charge is -2.07. The molecule has 0 unspecified atom stereocenters. The summed E-state index contributed by atoms with van der Waals surface area (Å²) in [6.07, 6.45) is 0. The highest BCUT2D eigenvalue weighted by molar-refractivity contribution is 5.20. The van der Waals surface area contributed by atoms with Crippen molar-refractivity contribution in [2.45, 2.75) is 6.04 Å². The summed E-state index contributed by atoms with van der Waals surface area (Å²) in [5, 5.41) is 3.11. The van der Waals surface area contributed by atoms with Crippen molar-refractivity contribution in [3.8, 4) is 0 Å². The molecule has 0 aromatic heterocycles. The molecule has 12 heavy (non-hydrogen) atoms. The van der Waals surface area contributed by atoms with Crippen LogP contribution in [0.4, 0.5) is 4.39 Å². The Morgan fingerprint density at radius 3 is 3.08 bits per heavy atom. The summed E-state index contributed by atoms with van der Waals surface area (Å²) in [7, 11) is 0. The summed E-state index contributed by atoms with van der Waals surface area (Å²) >= 11 is 0. The van der Waals surface area contributed by atoms with Crippen LogP contribution in [0.3, 0.4) is 0 Å². The molecule has 0 aliphatic carbocycles. The molecule has 64 valence electrons. The second-order valence-corrected chi connectivity index (χ2v) is 2.83. The van der Waals surface area contributed by atoms with Gasteiger partial charge >= 0.3 is 0 Å². The normalized spacial score (nSPS) is 22.9. The van der Waals surface area contributed by atoms with Crippen LogP contribution in [0.15, 0.2) is 24.3 Å². The third kappa shape index (κ3) is 1.47. The molecule has 1 fully saturated rings. The Morgan fingerprint density at radius 1 is 1.50 bits per heavy atom. The van der Waals surface area contributed by atoms with Gasteiger partial charge in [0.05, 0.1) is 19.4 Å². The molecule has 1 aliphatic rings. The molecule has 1 saturated heterocycles. The molecule has 0 bridgehead atoms. The summed E-state index contributed by atoms with van der Waals surface area (Å²) in [6.45, 7) is 1.19. The highest BCUT2D eigenvalue weighted by Gasteiger charge is 2.16. The molecule has 1 aromatic rings. The molecule has 1 heterocycles. The van der Waals surface area contributed by atoms with Crippen LogP contribution < -0.4 is 5.32 Å². The number of rotatable bonds is 1. The third-order valence-corrected chi connectivity index (χ3v) is 1.97. The maximum atomic E-state index is 12.8. The van der Waals surface area contributed by atoms with E-state index in [-0.39, 0.29) is 11.9 Å². The predicted molar refractivity (Wildman–Crippen MR) is 43.1 cm³/mol. The Balaban J connectivity index is 2.21. The molecular formula is C9H10FNO. The Labute approximate surface area is 70.3 Å². The maximum Gasteiger partial charge on any atom is 0.123 e. The minimum absolute atomic E-state index is 0.153. The number of nitrogens with one attached hydrogen (secondary N) is 1. The van der Waals surface area contributed by atoms with Crippen LogP contribution in [-0.4, -0.2) is 13.3 Å². The van der Waals surface area contributed by atoms with Gasteiger partial charge in [-0.15, -0.1) is 0 Å². The molecule has 2 nitrogen and oxygen atoms in total. The van der Waals surface area contributed by atoms with Gasteiger partial charge in [0.2, 0.25) is 0 Å². The quantitative estimate of drug-likeness (QED) is 0.683. The lowest BCUT2D eigenvalue weighted by atomic mass is 10.1. The van der Waals surface area contributed by atoms with E-state index in [9.17, 15) is 4.39 Å². The fraction of sp³-hybridized carbons (Fsp3) is 0.333. The van der Waals surface area contributed by atoms with Crippen molar-refractivity contribution in [1.29, 1.82) is 0 Å². The van der Waals surface area contributed by atoms with E-state index in [4.69, 9.17) is 4.74 Å². The zero-order chi connectivity index (χ0) is 8.39. The van der Waals surface area contributed by atoms with Gasteiger partial charge in [-0.3, -0.25) is 5.32 Å². The minimum atomic E-state index is -0.193. The van der Waals surface area contributed by atoms with Crippen molar-refractivity contribution < 1.29 is 9.13 Å². The predicted octanol–water partition coefficient (Wildman–Crippen LogP) is 1.44. The number of halogens is 1. The number of benzene rings is 1. The Bertz CT molecular complexity index is 271. The van der Waals surface area contributed by atoms with Crippen LogP contribution in [0, 0.1) is 5.82 Å². The van der Waals surface area contributed by atoms with Crippen LogP contribution in [-0.2, 0) is 4.74 Å². The monoisotopic (exact) mass is 167 g/mol. The van der Waals surface area contributed by atoms with Crippen molar-refractivity contribution in [2.24, 2.45) is 0 Å². The molecule has 1 aliphatic heterocycles. The van der Waals surface area contributed by atoms with E-state index in [1.807, 2.05) is 6.07 Å². The number of ether oxygens (including phenoxy) is 1. The molecule has 0 saturated carbocycles. The highest BCUT2D eigenvalue weighted by atomic mass is 19.1. The van der Waals surface area contributed by atoms with Gasteiger partial charge in [0.15, 0.2) is 0 Å². The fourth-order valence-electron chi connectivity index (χ4n) is 1.33. The average molecular weight is 167 g/mol.